The molecule has 0 saturated carbocycles. The molecule has 0 spiro atoms. The van der Waals surface area contributed by atoms with Gasteiger partial charge in [0, 0.05) is 16.7 Å². The minimum Gasteiger partial charge on any atom is -0.460 e. The maximum Gasteiger partial charge on any atom is 0.334 e. The van der Waals surface area contributed by atoms with Crippen LogP contribution in [0.4, 0.5) is 0 Å². The molecule has 2 aromatic rings. The normalized spacial score (nSPS) is 10.4. The highest BCUT2D eigenvalue weighted by Crippen LogP contribution is 2.27. The second kappa shape index (κ2) is 10.00. The van der Waals surface area contributed by atoms with Gasteiger partial charge in [-0.05, 0) is 12.1 Å². The van der Waals surface area contributed by atoms with Crippen molar-refractivity contribution in [2.75, 3.05) is 0 Å². The van der Waals surface area contributed by atoms with Gasteiger partial charge in [-0.3, -0.25) is 4.79 Å². The Bertz CT molecular complexity index is 880. The number of carbonyl (C=O) groups excluding carboxylic acids is 2. The molecule has 8 heteroatoms. The number of ether oxygens (including phenoxy) is 2. The van der Waals surface area contributed by atoms with Gasteiger partial charge in [0.25, 0.3) is 0 Å². The largest absolute Gasteiger partial charge is 0.460 e. The summed E-state index contributed by atoms with van der Waals surface area (Å²) in [7, 11) is 0. The molecule has 0 aliphatic heterocycles. The van der Waals surface area contributed by atoms with Crippen LogP contribution in [0.15, 0.2) is 48.6 Å². The van der Waals surface area contributed by atoms with Gasteiger partial charge in [0.1, 0.15) is 13.2 Å². The fraction of sp³-hybridized carbons (Fsp3) is 0.158. The average molecular weight is 448 g/mol. The Morgan fingerprint density at radius 2 is 1.30 bits per heavy atom. The lowest BCUT2D eigenvalue weighted by Crippen LogP contribution is -2.13. The smallest absolute Gasteiger partial charge is 0.334 e. The van der Waals surface area contributed by atoms with Gasteiger partial charge < -0.3 is 9.47 Å². The second-order valence-corrected chi connectivity index (χ2v) is 7.01. The molecule has 2 aromatic carbocycles. The molecule has 0 heterocycles. The van der Waals surface area contributed by atoms with E-state index in [1.165, 1.54) is 0 Å². The van der Waals surface area contributed by atoms with Crippen LogP contribution >= 0.6 is 46.4 Å². The lowest BCUT2D eigenvalue weighted by Gasteiger charge is -2.10. The maximum absolute atomic E-state index is 12.0. The van der Waals surface area contributed by atoms with Crippen molar-refractivity contribution in [1.29, 1.82) is 0 Å². The van der Waals surface area contributed by atoms with Gasteiger partial charge in [-0.1, -0.05) is 77.2 Å². The van der Waals surface area contributed by atoms with E-state index in [0.29, 0.717) is 31.2 Å². The highest BCUT2D eigenvalue weighted by atomic mass is 35.5. The number of esters is 2. The average Bonchev–Trinajstić information content (AvgIpc) is 2.63. The molecule has 0 atom stereocenters. The molecule has 0 N–H and O–H groups in total. The first-order valence-corrected chi connectivity index (χ1v) is 9.17. The lowest BCUT2D eigenvalue weighted by atomic mass is 10.2. The third kappa shape index (κ3) is 6.15. The molecular formula is C19H14Cl4O4. The first-order valence-electron chi connectivity index (χ1n) is 7.66. The monoisotopic (exact) mass is 446 g/mol. The van der Waals surface area contributed by atoms with Gasteiger partial charge in [0.15, 0.2) is 0 Å². The van der Waals surface area contributed by atoms with Crippen LogP contribution in [-0.2, 0) is 32.3 Å². The number of carbonyl (C=O) groups is 2. The predicted octanol–water partition coefficient (Wildman–Crippen LogP) is 6.03. The summed E-state index contributed by atoms with van der Waals surface area (Å²) >= 11 is 23.8. The van der Waals surface area contributed by atoms with E-state index in [4.69, 9.17) is 55.9 Å². The fourth-order valence-electron chi connectivity index (χ4n) is 2.02. The van der Waals surface area contributed by atoms with Crippen molar-refractivity contribution in [3.63, 3.8) is 0 Å². The van der Waals surface area contributed by atoms with E-state index in [0.717, 1.165) is 0 Å². The van der Waals surface area contributed by atoms with E-state index < -0.39 is 11.9 Å². The molecule has 0 bridgehead atoms. The summed E-state index contributed by atoms with van der Waals surface area (Å²) in [6.07, 6.45) is -0.319. The van der Waals surface area contributed by atoms with Crippen molar-refractivity contribution in [3.05, 3.63) is 79.8 Å². The third-order valence-corrected chi connectivity index (χ3v) is 5.17. The summed E-state index contributed by atoms with van der Waals surface area (Å²) in [5.41, 5.74) is 1.06. The standard InChI is InChI=1S/C19H14Cl4O4/c1-11(19(25)27-10-13-5-3-7-15(21)18(13)23)8-16(24)26-9-12-4-2-6-14(20)17(12)22/h2-7H,1,8-10H2. The molecular weight excluding hydrogens is 434 g/mol. The Morgan fingerprint density at radius 3 is 1.81 bits per heavy atom. The van der Waals surface area contributed by atoms with Crippen molar-refractivity contribution in [1.82, 2.24) is 0 Å². The van der Waals surface area contributed by atoms with Crippen LogP contribution in [0.5, 0.6) is 0 Å². The number of halogens is 4. The molecule has 0 amide bonds. The Hall–Kier alpha value is -1.72. The summed E-state index contributed by atoms with van der Waals surface area (Å²) in [5, 5.41) is 1.32. The van der Waals surface area contributed by atoms with Crippen LogP contribution in [-0.4, -0.2) is 11.9 Å². The number of hydrogen-bond acceptors (Lipinski definition) is 4. The van der Waals surface area contributed by atoms with Gasteiger partial charge in [-0.15, -0.1) is 0 Å². The minimum atomic E-state index is -0.733. The third-order valence-electron chi connectivity index (χ3n) is 3.46. The molecule has 2 rings (SSSR count). The van der Waals surface area contributed by atoms with Crippen molar-refractivity contribution in [3.8, 4) is 0 Å². The SMILES string of the molecule is C=C(CC(=O)OCc1cccc(Cl)c1Cl)C(=O)OCc1cccc(Cl)c1Cl. The van der Waals surface area contributed by atoms with Crippen LogP contribution in [0.1, 0.15) is 17.5 Å². The van der Waals surface area contributed by atoms with Gasteiger partial charge >= 0.3 is 11.9 Å². The zero-order valence-electron chi connectivity index (χ0n) is 13.9. The van der Waals surface area contributed by atoms with E-state index >= 15 is 0 Å². The summed E-state index contributed by atoms with van der Waals surface area (Å²) in [4.78, 5) is 23.9. The second-order valence-electron chi connectivity index (χ2n) is 5.44. The van der Waals surface area contributed by atoms with Crippen molar-refractivity contribution >= 4 is 58.3 Å². The zero-order valence-corrected chi connectivity index (χ0v) is 17.0. The topological polar surface area (TPSA) is 52.6 Å². The number of rotatable bonds is 7. The molecule has 4 nitrogen and oxygen atoms in total. The number of benzene rings is 2. The van der Waals surface area contributed by atoms with E-state index in [-0.39, 0.29) is 25.2 Å². The predicted molar refractivity (Wildman–Crippen MR) is 106 cm³/mol. The first-order chi connectivity index (χ1) is 12.8. The number of hydrogen-bond donors (Lipinski definition) is 0. The van der Waals surface area contributed by atoms with Gasteiger partial charge in [0.2, 0.25) is 0 Å². The molecule has 27 heavy (non-hydrogen) atoms. The van der Waals surface area contributed by atoms with E-state index in [1.54, 1.807) is 36.4 Å². The van der Waals surface area contributed by atoms with Crippen LogP contribution in [0.3, 0.4) is 0 Å². The Kier molecular flexibility index (Phi) is 7.99. The molecule has 0 radical (unpaired) electrons. The van der Waals surface area contributed by atoms with Gasteiger partial charge in [0.05, 0.1) is 26.5 Å². The maximum atomic E-state index is 12.0. The minimum absolute atomic E-state index is 0.0460. The quantitative estimate of drug-likeness (QED) is 0.383. The Morgan fingerprint density at radius 1 is 0.815 bits per heavy atom. The van der Waals surface area contributed by atoms with Crippen LogP contribution < -0.4 is 0 Å². The molecule has 0 aromatic heterocycles. The van der Waals surface area contributed by atoms with Gasteiger partial charge in [-0.25, -0.2) is 4.79 Å². The van der Waals surface area contributed by atoms with Crippen LogP contribution in [0.2, 0.25) is 20.1 Å². The summed E-state index contributed by atoms with van der Waals surface area (Å²) in [6, 6.07) is 9.97. The van der Waals surface area contributed by atoms with Crippen LogP contribution in [0, 0.1) is 0 Å². The van der Waals surface area contributed by atoms with Crippen molar-refractivity contribution in [2.45, 2.75) is 19.6 Å². The molecule has 0 fully saturated rings. The first kappa shape index (κ1) is 21.6. The Labute approximate surface area is 176 Å². The van der Waals surface area contributed by atoms with Crippen molar-refractivity contribution < 1.29 is 19.1 Å². The summed E-state index contributed by atoms with van der Waals surface area (Å²) in [5.74, 6) is -1.38. The highest BCUT2D eigenvalue weighted by molar-refractivity contribution is 6.42. The molecule has 0 saturated heterocycles. The molecule has 142 valence electrons. The lowest BCUT2D eigenvalue weighted by molar-refractivity contribution is -0.147. The highest BCUT2D eigenvalue weighted by Gasteiger charge is 2.16. The van der Waals surface area contributed by atoms with E-state index in [9.17, 15) is 9.59 Å². The van der Waals surface area contributed by atoms with Crippen molar-refractivity contribution in [2.24, 2.45) is 0 Å². The molecule has 0 unspecified atom stereocenters. The summed E-state index contributed by atoms with van der Waals surface area (Å²) in [6.45, 7) is 3.39. The Balaban J connectivity index is 1.83. The van der Waals surface area contributed by atoms with E-state index in [1.807, 2.05) is 0 Å². The molecule has 0 aliphatic carbocycles. The van der Waals surface area contributed by atoms with Gasteiger partial charge in [-0.2, -0.15) is 0 Å². The zero-order chi connectivity index (χ0) is 20.0. The van der Waals surface area contributed by atoms with Crippen LogP contribution in [0.25, 0.3) is 0 Å². The fourth-order valence-corrected chi connectivity index (χ4v) is 2.77. The summed E-state index contributed by atoms with van der Waals surface area (Å²) < 4.78 is 10.2. The molecule has 0 aliphatic rings. The van der Waals surface area contributed by atoms with E-state index in [2.05, 4.69) is 6.58 Å².